The summed E-state index contributed by atoms with van der Waals surface area (Å²) in [6.45, 7) is 7.06. The van der Waals surface area contributed by atoms with Crippen LogP contribution in [0.3, 0.4) is 0 Å². The number of aromatic nitrogens is 1. The van der Waals surface area contributed by atoms with Crippen molar-refractivity contribution in [3.63, 3.8) is 0 Å². The maximum absolute atomic E-state index is 12.0. The number of piperidine rings is 1. The van der Waals surface area contributed by atoms with Gasteiger partial charge >= 0.3 is 0 Å². The van der Waals surface area contributed by atoms with Gasteiger partial charge in [-0.2, -0.15) is 0 Å². The van der Waals surface area contributed by atoms with Gasteiger partial charge in [0.15, 0.2) is 0 Å². The van der Waals surface area contributed by atoms with Crippen LogP contribution in [0.4, 0.5) is 0 Å². The summed E-state index contributed by atoms with van der Waals surface area (Å²) in [6, 6.07) is 0.0491. The Morgan fingerprint density at radius 2 is 2.27 bits per heavy atom. The monoisotopic (exact) mass is 322 g/mol. The minimum absolute atomic E-state index is 0.0491. The number of hydrogen-bond acceptors (Lipinski definition) is 5. The molecule has 0 radical (unpaired) electrons. The molecule has 0 saturated carbocycles. The van der Waals surface area contributed by atoms with E-state index in [1.165, 1.54) is 18.5 Å². The van der Waals surface area contributed by atoms with Crippen LogP contribution in [0.2, 0.25) is 0 Å². The molecule has 0 spiro atoms. The molecular formula is C16H26N4OS. The van der Waals surface area contributed by atoms with Crippen molar-refractivity contribution >= 4 is 17.2 Å². The summed E-state index contributed by atoms with van der Waals surface area (Å²) in [6.07, 6.45) is 4.44. The third kappa shape index (κ3) is 4.27. The van der Waals surface area contributed by atoms with Crippen LogP contribution in [0, 0.1) is 12.8 Å². The number of nitrogens with one attached hydrogen (secondary N) is 2. The SMILES string of the molecule is Cc1nc(CN2CCC(CNC(=O)C3CCCN3)CC2)cs1. The van der Waals surface area contributed by atoms with Crippen LogP contribution in [0.5, 0.6) is 0 Å². The molecule has 2 N–H and O–H groups in total. The smallest absolute Gasteiger partial charge is 0.237 e. The van der Waals surface area contributed by atoms with Gasteiger partial charge in [0.2, 0.25) is 5.91 Å². The molecule has 1 aromatic rings. The largest absolute Gasteiger partial charge is 0.354 e. The van der Waals surface area contributed by atoms with Gasteiger partial charge in [-0.3, -0.25) is 9.69 Å². The zero-order valence-electron chi connectivity index (χ0n) is 13.3. The van der Waals surface area contributed by atoms with E-state index in [0.717, 1.165) is 50.6 Å². The van der Waals surface area contributed by atoms with Crippen LogP contribution in [0.25, 0.3) is 0 Å². The Balaban J connectivity index is 1.35. The second-order valence-corrected chi connectivity index (χ2v) is 7.53. The molecular weight excluding hydrogens is 296 g/mol. The van der Waals surface area contributed by atoms with Gasteiger partial charge in [0.25, 0.3) is 0 Å². The topological polar surface area (TPSA) is 57.3 Å². The number of carbonyl (C=O) groups is 1. The molecule has 1 unspecified atom stereocenters. The summed E-state index contributed by atoms with van der Waals surface area (Å²) in [5.74, 6) is 0.816. The standard InChI is InChI=1S/C16H26N4OS/c1-12-19-14(11-22-12)10-20-7-4-13(5-8-20)9-18-16(21)15-3-2-6-17-15/h11,13,15,17H,2-10H2,1H3,(H,18,21). The number of thiazole rings is 1. The first-order valence-corrected chi connectivity index (χ1v) is 9.23. The van der Waals surface area contributed by atoms with Crippen molar-refractivity contribution in [3.05, 3.63) is 16.1 Å². The van der Waals surface area contributed by atoms with E-state index in [1.54, 1.807) is 11.3 Å². The minimum atomic E-state index is 0.0491. The van der Waals surface area contributed by atoms with Gasteiger partial charge in [0.05, 0.1) is 16.7 Å². The minimum Gasteiger partial charge on any atom is -0.354 e. The van der Waals surface area contributed by atoms with Gasteiger partial charge in [-0.15, -0.1) is 11.3 Å². The van der Waals surface area contributed by atoms with E-state index in [2.05, 4.69) is 32.8 Å². The quantitative estimate of drug-likeness (QED) is 0.863. The summed E-state index contributed by atoms with van der Waals surface area (Å²) >= 11 is 1.73. The number of nitrogens with zero attached hydrogens (tertiary/aromatic N) is 2. The zero-order chi connectivity index (χ0) is 15.4. The highest BCUT2D eigenvalue weighted by molar-refractivity contribution is 7.09. The second-order valence-electron chi connectivity index (χ2n) is 6.47. The van der Waals surface area contributed by atoms with Gasteiger partial charge in [-0.25, -0.2) is 4.98 Å². The number of rotatable bonds is 5. The average Bonchev–Trinajstić information content (AvgIpc) is 3.18. The Bertz CT molecular complexity index is 490. The fourth-order valence-electron chi connectivity index (χ4n) is 3.34. The number of likely N-dealkylation sites (tertiary alicyclic amines) is 1. The number of carbonyl (C=O) groups excluding carboxylic acids is 1. The van der Waals surface area contributed by atoms with Gasteiger partial charge in [0, 0.05) is 18.5 Å². The molecule has 1 aromatic heterocycles. The second kappa shape index (κ2) is 7.53. The molecule has 0 aromatic carbocycles. The van der Waals surface area contributed by atoms with Crippen molar-refractivity contribution in [2.24, 2.45) is 5.92 Å². The van der Waals surface area contributed by atoms with Crippen LogP contribution in [-0.2, 0) is 11.3 Å². The Labute approximate surface area is 136 Å². The molecule has 0 aliphatic carbocycles. The fraction of sp³-hybridized carbons (Fsp3) is 0.750. The summed E-state index contributed by atoms with van der Waals surface area (Å²) in [4.78, 5) is 19.0. The third-order valence-corrected chi connectivity index (χ3v) is 5.52. The van der Waals surface area contributed by atoms with E-state index in [9.17, 15) is 4.79 Å². The van der Waals surface area contributed by atoms with E-state index < -0.39 is 0 Å². The van der Waals surface area contributed by atoms with Gasteiger partial charge in [0.1, 0.15) is 0 Å². The lowest BCUT2D eigenvalue weighted by molar-refractivity contribution is -0.123. The van der Waals surface area contributed by atoms with Gasteiger partial charge in [-0.05, 0) is 58.2 Å². The van der Waals surface area contributed by atoms with Crippen LogP contribution in [0.1, 0.15) is 36.4 Å². The van der Waals surface area contributed by atoms with E-state index in [1.807, 2.05) is 0 Å². The van der Waals surface area contributed by atoms with Crippen LogP contribution >= 0.6 is 11.3 Å². The molecule has 1 amide bonds. The number of amides is 1. The molecule has 22 heavy (non-hydrogen) atoms. The summed E-state index contributed by atoms with van der Waals surface area (Å²) in [5.41, 5.74) is 1.20. The van der Waals surface area contributed by atoms with Crippen LogP contribution in [0.15, 0.2) is 5.38 Å². The number of aryl methyl sites for hydroxylation is 1. The molecule has 5 nitrogen and oxygen atoms in total. The maximum atomic E-state index is 12.0. The molecule has 3 heterocycles. The van der Waals surface area contributed by atoms with Crippen molar-refractivity contribution in [1.82, 2.24) is 20.5 Å². The molecule has 6 heteroatoms. The van der Waals surface area contributed by atoms with Crippen LogP contribution < -0.4 is 10.6 Å². The Morgan fingerprint density at radius 3 is 2.91 bits per heavy atom. The summed E-state index contributed by atoms with van der Waals surface area (Å²) < 4.78 is 0. The number of hydrogen-bond donors (Lipinski definition) is 2. The molecule has 122 valence electrons. The average molecular weight is 322 g/mol. The van der Waals surface area contributed by atoms with Gasteiger partial charge in [-0.1, -0.05) is 0 Å². The molecule has 1 atom stereocenters. The van der Waals surface area contributed by atoms with Crippen molar-refractivity contribution in [3.8, 4) is 0 Å². The molecule has 2 aliphatic heterocycles. The summed E-state index contributed by atoms with van der Waals surface area (Å²) in [5, 5.41) is 9.70. The highest BCUT2D eigenvalue weighted by Crippen LogP contribution is 2.19. The van der Waals surface area contributed by atoms with E-state index >= 15 is 0 Å². The highest BCUT2D eigenvalue weighted by atomic mass is 32.1. The summed E-state index contributed by atoms with van der Waals surface area (Å²) in [7, 11) is 0. The Kier molecular flexibility index (Phi) is 5.44. The third-order valence-electron chi connectivity index (χ3n) is 4.70. The van der Waals surface area contributed by atoms with E-state index in [-0.39, 0.29) is 11.9 Å². The first-order valence-electron chi connectivity index (χ1n) is 8.35. The van der Waals surface area contributed by atoms with Crippen molar-refractivity contribution in [2.45, 2.75) is 45.2 Å². The zero-order valence-corrected chi connectivity index (χ0v) is 14.1. The van der Waals surface area contributed by atoms with Crippen molar-refractivity contribution < 1.29 is 4.79 Å². The molecule has 0 bridgehead atoms. The van der Waals surface area contributed by atoms with Crippen molar-refractivity contribution in [2.75, 3.05) is 26.2 Å². The fourth-order valence-corrected chi connectivity index (χ4v) is 3.94. The first kappa shape index (κ1) is 15.9. The molecule has 2 aliphatic rings. The normalized spacial score (nSPS) is 23.8. The molecule has 2 saturated heterocycles. The molecule has 3 rings (SSSR count). The Hall–Kier alpha value is -0.980. The first-order chi connectivity index (χ1) is 10.7. The predicted molar refractivity (Wildman–Crippen MR) is 88.9 cm³/mol. The lowest BCUT2D eigenvalue weighted by Crippen LogP contribution is -2.44. The maximum Gasteiger partial charge on any atom is 0.237 e. The van der Waals surface area contributed by atoms with Gasteiger partial charge < -0.3 is 10.6 Å². The molecule has 2 fully saturated rings. The van der Waals surface area contributed by atoms with E-state index in [4.69, 9.17) is 0 Å². The van der Waals surface area contributed by atoms with Crippen LogP contribution in [-0.4, -0.2) is 48.0 Å². The van der Waals surface area contributed by atoms with E-state index in [0.29, 0.717) is 5.92 Å². The van der Waals surface area contributed by atoms with Crippen molar-refractivity contribution in [1.29, 1.82) is 0 Å². The predicted octanol–water partition coefficient (Wildman–Crippen LogP) is 1.53. The lowest BCUT2D eigenvalue weighted by atomic mass is 9.96. The highest BCUT2D eigenvalue weighted by Gasteiger charge is 2.24. The Morgan fingerprint density at radius 1 is 1.45 bits per heavy atom. The lowest BCUT2D eigenvalue weighted by Gasteiger charge is -2.31.